The van der Waals surface area contributed by atoms with Crippen LogP contribution in [0.4, 0.5) is 6.01 Å². The minimum atomic E-state index is -3.67. The minimum Gasteiger partial charge on any atom is -0.407 e. The van der Waals surface area contributed by atoms with Crippen LogP contribution in [0.15, 0.2) is 57.8 Å². The Morgan fingerprint density at radius 3 is 2.00 bits per heavy atom. The molecular weight excluding hydrogens is 476 g/mol. The molecule has 9 heteroatoms. The van der Waals surface area contributed by atoms with Gasteiger partial charge in [-0.05, 0) is 53.1 Å². The number of hydrogen-bond donors (Lipinski definition) is 1. The molecule has 0 fully saturated rings. The number of nitrogens with one attached hydrogen (secondary N) is 1. The van der Waals surface area contributed by atoms with E-state index in [2.05, 4.69) is 41.5 Å². The number of carbonyl (C=O) groups excluding carboxylic acids is 1. The van der Waals surface area contributed by atoms with Crippen LogP contribution in [0.3, 0.4) is 0 Å². The van der Waals surface area contributed by atoms with Gasteiger partial charge >= 0.3 is 6.01 Å². The summed E-state index contributed by atoms with van der Waals surface area (Å²) in [6.07, 6.45) is 0.455. The van der Waals surface area contributed by atoms with Gasteiger partial charge in [0.2, 0.25) is 15.9 Å². The highest BCUT2D eigenvalue weighted by molar-refractivity contribution is 7.89. The molecule has 0 saturated heterocycles. The first-order valence-electron chi connectivity index (χ1n) is 12.3. The fraction of sp³-hybridized carbons (Fsp3) is 0.444. The first kappa shape index (κ1) is 27.5. The predicted octanol–water partition coefficient (Wildman–Crippen LogP) is 5.34. The van der Waals surface area contributed by atoms with Gasteiger partial charge in [-0.3, -0.25) is 10.1 Å². The number of sulfonamides is 1. The maximum atomic E-state index is 13.2. The van der Waals surface area contributed by atoms with Gasteiger partial charge in [-0.25, -0.2) is 8.42 Å². The fourth-order valence-corrected chi connectivity index (χ4v) is 5.52. The van der Waals surface area contributed by atoms with Gasteiger partial charge in [-0.15, -0.1) is 5.10 Å². The number of amides is 1. The second-order valence-corrected chi connectivity index (χ2v) is 12.1. The average molecular weight is 513 g/mol. The summed E-state index contributed by atoms with van der Waals surface area (Å²) in [4.78, 5) is 12.8. The molecule has 8 nitrogen and oxygen atoms in total. The molecule has 0 unspecified atom stereocenters. The van der Waals surface area contributed by atoms with Crippen molar-refractivity contribution in [1.82, 2.24) is 14.5 Å². The molecule has 3 rings (SSSR count). The van der Waals surface area contributed by atoms with Gasteiger partial charge < -0.3 is 4.42 Å². The van der Waals surface area contributed by atoms with Crippen molar-refractivity contribution < 1.29 is 17.6 Å². The summed E-state index contributed by atoms with van der Waals surface area (Å²) < 4.78 is 33.4. The van der Waals surface area contributed by atoms with Crippen molar-refractivity contribution in [2.45, 2.75) is 58.8 Å². The van der Waals surface area contributed by atoms with Gasteiger partial charge in [-0.2, -0.15) is 4.31 Å². The molecule has 0 aliphatic rings. The molecule has 36 heavy (non-hydrogen) atoms. The Labute approximate surface area is 214 Å². The van der Waals surface area contributed by atoms with Crippen molar-refractivity contribution in [3.63, 3.8) is 0 Å². The molecule has 2 aromatic carbocycles. The lowest BCUT2D eigenvalue weighted by Crippen LogP contribution is -2.37. The molecule has 1 aromatic heterocycles. The molecule has 1 heterocycles. The van der Waals surface area contributed by atoms with Crippen LogP contribution in [0.5, 0.6) is 0 Å². The van der Waals surface area contributed by atoms with Gasteiger partial charge in [0.1, 0.15) is 0 Å². The number of anilines is 1. The lowest BCUT2D eigenvalue weighted by Gasteiger charge is -2.25. The molecular formula is C27H36N4O4S. The van der Waals surface area contributed by atoms with Gasteiger partial charge in [0, 0.05) is 18.7 Å². The van der Waals surface area contributed by atoms with E-state index in [9.17, 15) is 13.2 Å². The number of aromatic nitrogens is 2. The molecule has 1 N–H and O–H groups in total. The summed E-state index contributed by atoms with van der Waals surface area (Å²) in [5.74, 6) is 0.776. The quantitative estimate of drug-likeness (QED) is 0.372. The van der Waals surface area contributed by atoms with Crippen LogP contribution >= 0.6 is 0 Å². The van der Waals surface area contributed by atoms with Crippen molar-refractivity contribution in [3.8, 4) is 0 Å². The van der Waals surface area contributed by atoms with Crippen molar-refractivity contribution in [1.29, 1.82) is 0 Å². The van der Waals surface area contributed by atoms with Crippen molar-refractivity contribution in [2.24, 2.45) is 11.8 Å². The number of rotatable bonds is 11. The van der Waals surface area contributed by atoms with Crippen LogP contribution in [-0.2, 0) is 16.4 Å². The summed E-state index contributed by atoms with van der Waals surface area (Å²) in [7, 11) is -3.67. The minimum absolute atomic E-state index is 0.00876. The molecule has 0 spiro atoms. The van der Waals surface area contributed by atoms with Gasteiger partial charge in [0.25, 0.3) is 5.91 Å². The van der Waals surface area contributed by atoms with Crippen molar-refractivity contribution in [3.05, 3.63) is 71.1 Å². The largest absolute Gasteiger partial charge is 0.407 e. The molecule has 0 saturated carbocycles. The number of hydrogen-bond acceptors (Lipinski definition) is 6. The Hall–Kier alpha value is -3.04. The summed E-state index contributed by atoms with van der Waals surface area (Å²) in [6, 6.07) is 14.1. The summed E-state index contributed by atoms with van der Waals surface area (Å²) in [5.41, 5.74) is 2.57. The molecule has 0 atom stereocenters. The van der Waals surface area contributed by atoms with Crippen LogP contribution in [0.1, 0.15) is 74.8 Å². The monoisotopic (exact) mass is 512 g/mol. The maximum absolute atomic E-state index is 13.2. The zero-order valence-corrected chi connectivity index (χ0v) is 22.7. The Kier molecular flexibility index (Phi) is 9.03. The van der Waals surface area contributed by atoms with E-state index in [1.807, 2.05) is 39.8 Å². The molecule has 1 amide bonds. The van der Waals surface area contributed by atoms with E-state index >= 15 is 0 Å². The van der Waals surface area contributed by atoms with Crippen LogP contribution < -0.4 is 5.32 Å². The Bertz CT molecular complexity index is 1240. The normalized spacial score (nSPS) is 12.2. The standard InChI is InChI=1S/C27H36N4O4S/c1-18(2)16-31(17-19(3)4)36(33,34)24-13-11-23(12-14-24)26(32)28-27-30-29-25(35-27)15-21-7-9-22(10-8-21)20(5)6/h7-14,18-20H,15-17H2,1-6H3,(H,28,30,32). The molecule has 0 radical (unpaired) electrons. The third kappa shape index (κ3) is 7.24. The highest BCUT2D eigenvalue weighted by atomic mass is 32.2. The van der Waals surface area contributed by atoms with Crippen LogP contribution in [-0.4, -0.2) is 41.9 Å². The van der Waals surface area contributed by atoms with E-state index in [4.69, 9.17) is 4.42 Å². The third-order valence-corrected chi connectivity index (χ3v) is 7.43. The first-order chi connectivity index (χ1) is 17.0. The lowest BCUT2D eigenvalue weighted by molar-refractivity contribution is 0.102. The Balaban J connectivity index is 1.66. The molecule has 0 aliphatic heterocycles. The lowest BCUT2D eigenvalue weighted by atomic mass is 10.0. The Morgan fingerprint density at radius 2 is 1.47 bits per heavy atom. The zero-order chi connectivity index (χ0) is 26.5. The zero-order valence-electron chi connectivity index (χ0n) is 21.9. The SMILES string of the molecule is CC(C)CN(CC(C)C)S(=O)(=O)c1ccc(C(=O)Nc2nnc(Cc3ccc(C(C)C)cc3)o2)cc1. The molecule has 0 bridgehead atoms. The molecule has 194 valence electrons. The van der Waals surface area contributed by atoms with E-state index in [1.165, 1.54) is 34.1 Å². The van der Waals surface area contributed by atoms with Crippen LogP contribution in [0.25, 0.3) is 0 Å². The number of benzene rings is 2. The first-order valence-corrected chi connectivity index (χ1v) is 13.7. The highest BCUT2D eigenvalue weighted by Crippen LogP contribution is 2.21. The van der Waals surface area contributed by atoms with Gasteiger partial charge in [0.05, 0.1) is 11.3 Å². The predicted molar refractivity (Wildman–Crippen MR) is 140 cm³/mol. The second-order valence-electron chi connectivity index (χ2n) is 10.2. The van der Waals surface area contributed by atoms with Gasteiger partial charge in [0.15, 0.2) is 0 Å². The van der Waals surface area contributed by atoms with Gasteiger partial charge in [-0.1, -0.05) is 70.9 Å². The summed E-state index contributed by atoms with van der Waals surface area (Å²) >= 11 is 0. The van der Waals surface area contributed by atoms with Crippen molar-refractivity contribution >= 4 is 21.9 Å². The maximum Gasteiger partial charge on any atom is 0.322 e. The number of nitrogens with zero attached hydrogens (tertiary/aromatic N) is 3. The van der Waals surface area contributed by atoms with E-state index in [1.54, 1.807) is 0 Å². The van der Waals surface area contributed by atoms with E-state index in [-0.39, 0.29) is 28.3 Å². The third-order valence-electron chi connectivity index (χ3n) is 5.58. The topological polar surface area (TPSA) is 105 Å². The summed E-state index contributed by atoms with van der Waals surface area (Å²) in [6.45, 7) is 13.1. The van der Waals surface area contributed by atoms with E-state index < -0.39 is 15.9 Å². The van der Waals surface area contributed by atoms with Crippen LogP contribution in [0, 0.1) is 11.8 Å². The van der Waals surface area contributed by atoms with Crippen LogP contribution in [0.2, 0.25) is 0 Å². The van der Waals surface area contributed by atoms with E-state index in [0.717, 1.165) is 5.56 Å². The fourth-order valence-electron chi connectivity index (χ4n) is 3.75. The average Bonchev–Trinajstić information content (AvgIpc) is 3.25. The summed E-state index contributed by atoms with van der Waals surface area (Å²) in [5, 5.41) is 10.5. The number of carbonyl (C=O) groups is 1. The van der Waals surface area contributed by atoms with Crippen molar-refractivity contribution in [2.75, 3.05) is 18.4 Å². The smallest absolute Gasteiger partial charge is 0.322 e. The molecule has 3 aromatic rings. The second kappa shape index (κ2) is 11.8. The highest BCUT2D eigenvalue weighted by Gasteiger charge is 2.26. The molecule has 0 aliphatic carbocycles. The van der Waals surface area contributed by atoms with E-state index in [0.29, 0.717) is 31.3 Å². The Morgan fingerprint density at radius 1 is 0.889 bits per heavy atom.